The van der Waals surface area contributed by atoms with Crippen LogP contribution in [0, 0.1) is 0 Å². The monoisotopic (exact) mass is 266 g/mol. The lowest BCUT2D eigenvalue weighted by Crippen LogP contribution is -2.41. The van der Waals surface area contributed by atoms with E-state index in [2.05, 4.69) is 10.6 Å². The molecular formula is C12H14N2O3S. The van der Waals surface area contributed by atoms with Crippen molar-refractivity contribution in [2.45, 2.75) is 23.8 Å². The quantitative estimate of drug-likeness (QED) is 0.721. The SMILES string of the molecule is O=C(CSc1ccccc1O)NC(=O)NC1CC1. The molecule has 1 aromatic rings. The Morgan fingerprint density at radius 1 is 1.33 bits per heavy atom. The maximum absolute atomic E-state index is 11.5. The second-order valence-electron chi connectivity index (χ2n) is 4.05. The lowest BCUT2D eigenvalue weighted by molar-refractivity contribution is -0.117. The van der Waals surface area contributed by atoms with E-state index in [1.165, 1.54) is 11.8 Å². The van der Waals surface area contributed by atoms with Crippen LogP contribution in [0.25, 0.3) is 0 Å². The predicted molar refractivity (Wildman–Crippen MR) is 68.5 cm³/mol. The van der Waals surface area contributed by atoms with Gasteiger partial charge in [0.15, 0.2) is 0 Å². The van der Waals surface area contributed by atoms with Gasteiger partial charge in [-0.05, 0) is 25.0 Å². The number of benzene rings is 1. The van der Waals surface area contributed by atoms with E-state index in [4.69, 9.17) is 0 Å². The molecular weight excluding hydrogens is 252 g/mol. The Labute approximate surface area is 109 Å². The van der Waals surface area contributed by atoms with Gasteiger partial charge in [0, 0.05) is 10.9 Å². The molecule has 3 amide bonds. The number of phenolic OH excluding ortho intramolecular Hbond substituents is 1. The van der Waals surface area contributed by atoms with Gasteiger partial charge in [-0.2, -0.15) is 0 Å². The largest absolute Gasteiger partial charge is 0.507 e. The average Bonchev–Trinajstić information content (AvgIpc) is 3.11. The topological polar surface area (TPSA) is 78.4 Å². The molecule has 1 saturated carbocycles. The molecule has 0 saturated heterocycles. The van der Waals surface area contributed by atoms with Gasteiger partial charge in [-0.25, -0.2) is 4.79 Å². The van der Waals surface area contributed by atoms with Crippen molar-refractivity contribution in [3.05, 3.63) is 24.3 Å². The fourth-order valence-corrected chi connectivity index (χ4v) is 2.08. The van der Waals surface area contributed by atoms with Crippen molar-refractivity contribution in [1.82, 2.24) is 10.6 Å². The van der Waals surface area contributed by atoms with Crippen LogP contribution >= 0.6 is 11.8 Å². The number of para-hydroxylation sites is 1. The van der Waals surface area contributed by atoms with Crippen LogP contribution in [0.1, 0.15) is 12.8 Å². The Kier molecular flexibility index (Phi) is 4.09. The molecule has 5 nitrogen and oxygen atoms in total. The Bertz CT molecular complexity index is 460. The van der Waals surface area contributed by atoms with Crippen molar-refractivity contribution in [3.8, 4) is 5.75 Å². The highest BCUT2D eigenvalue weighted by atomic mass is 32.2. The van der Waals surface area contributed by atoms with Gasteiger partial charge < -0.3 is 10.4 Å². The number of thioether (sulfide) groups is 1. The number of urea groups is 1. The Morgan fingerprint density at radius 3 is 2.72 bits per heavy atom. The first kappa shape index (κ1) is 12.8. The molecule has 0 aromatic heterocycles. The molecule has 1 fully saturated rings. The third kappa shape index (κ3) is 3.96. The molecule has 0 bridgehead atoms. The van der Waals surface area contributed by atoms with Crippen molar-refractivity contribution in [3.63, 3.8) is 0 Å². The number of imide groups is 1. The minimum Gasteiger partial charge on any atom is -0.507 e. The summed E-state index contributed by atoms with van der Waals surface area (Å²) >= 11 is 1.19. The highest BCUT2D eigenvalue weighted by Crippen LogP contribution is 2.27. The van der Waals surface area contributed by atoms with Gasteiger partial charge in [-0.3, -0.25) is 10.1 Å². The van der Waals surface area contributed by atoms with Crippen molar-refractivity contribution in [2.24, 2.45) is 0 Å². The van der Waals surface area contributed by atoms with Gasteiger partial charge in [-0.15, -0.1) is 11.8 Å². The molecule has 0 heterocycles. The second-order valence-corrected chi connectivity index (χ2v) is 5.07. The molecule has 1 aromatic carbocycles. The van der Waals surface area contributed by atoms with Crippen LogP contribution in [-0.2, 0) is 4.79 Å². The summed E-state index contributed by atoms with van der Waals surface area (Å²) in [4.78, 5) is 23.4. The molecule has 1 aliphatic carbocycles. The Morgan fingerprint density at radius 2 is 2.06 bits per heavy atom. The lowest BCUT2D eigenvalue weighted by Gasteiger charge is -2.06. The zero-order valence-corrected chi connectivity index (χ0v) is 10.5. The molecule has 96 valence electrons. The molecule has 3 N–H and O–H groups in total. The van der Waals surface area contributed by atoms with Crippen LogP contribution in [0.4, 0.5) is 4.79 Å². The fraction of sp³-hybridized carbons (Fsp3) is 0.333. The third-order valence-corrected chi connectivity index (χ3v) is 3.45. The predicted octanol–water partition coefficient (Wildman–Crippen LogP) is 1.47. The van der Waals surface area contributed by atoms with Crippen molar-refractivity contribution < 1.29 is 14.7 Å². The Balaban J connectivity index is 1.74. The summed E-state index contributed by atoms with van der Waals surface area (Å²) in [6.45, 7) is 0. The molecule has 0 atom stereocenters. The second kappa shape index (κ2) is 5.77. The summed E-state index contributed by atoms with van der Waals surface area (Å²) in [5.41, 5.74) is 0. The van der Waals surface area contributed by atoms with Crippen molar-refractivity contribution in [1.29, 1.82) is 0 Å². The van der Waals surface area contributed by atoms with Crippen LogP contribution in [0.3, 0.4) is 0 Å². The van der Waals surface area contributed by atoms with Crippen LogP contribution in [0.5, 0.6) is 5.75 Å². The zero-order valence-electron chi connectivity index (χ0n) is 9.68. The van der Waals surface area contributed by atoms with Gasteiger partial charge in [0.25, 0.3) is 0 Å². The molecule has 0 spiro atoms. The van der Waals surface area contributed by atoms with E-state index in [0.29, 0.717) is 4.90 Å². The lowest BCUT2D eigenvalue weighted by atomic mass is 10.3. The summed E-state index contributed by atoms with van der Waals surface area (Å²) in [7, 11) is 0. The summed E-state index contributed by atoms with van der Waals surface area (Å²) in [6, 6.07) is 6.55. The summed E-state index contributed by atoms with van der Waals surface area (Å²) in [5.74, 6) is -0.144. The molecule has 0 unspecified atom stereocenters. The minimum atomic E-state index is -0.444. The summed E-state index contributed by atoms with van der Waals surface area (Å²) in [6.07, 6.45) is 1.96. The zero-order chi connectivity index (χ0) is 13.0. The number of carbonyl (C=O) groups excluding carboxylic acids is 2. The van der Waals surface area contributed by atoms with Gasteiger partial charge in [0.1, 0.15) is 5.75 Å². The number of hydrogen-bond donors (Lipinski definition) is 3. The standard InChI is InChI=1S/C12H14N2O3S/c15-9-3-1-2-4-10(9)18-7-11(16)14-12(17)13-8-5-6-8/h1-4,8,15H,5-7H2,(H2,13,14,16,17). The molecule has 18 heavy (non-hydrogen) atoms. The first-order valence-corrected chi connectivity index (χ1v) is 6.65. The minimum absolute atomic E-state index is 0.0929. The van der Waals surface area contributed by atoms with Gasteiger partial charge >= 0.3 is 6.03 Å². The van der Waals surface area contributed by atoms with Gasteiger partial charge in [-0.1, -0.05) is 12.1 Å². The number of rotatable bonds is 4. The van der Waals surface area contributed by atoms with E-state index >= 15 is 0 Å². The fourth-order valence-electron chi connectivity index (χ4n) is 1.33. The average molecular weight is 266 g/mol. The summed E-state index contributed by atoms with van der Waals surface area (Å²) < 4.78 is 0. The number of phenols is 1. The first-order chi connectivity index (χ1) is 8.65. The maximum Gasteiger partial charge on any atom is 0.321 e. The first-order valence-electron chi connectivity index (χ1n) is 5.66. The molecule has 0 aliphatic heterocycles. The van der Waals surface area contributed by atoms with Crippen LogP contribution in [-0.4, -0.2) is 28.8 Å². The number of aromatic hydroxyl groups is 1. The van der Waals surface area contributed by atoms with E-state index in [0.717, 1.165) is 12.8 Å². The van der Waals surface area contributed by atoms with Crippen molar-refractivity contribution >= 4 is 23.7 Å². The smallest absolute Gasteiger partial charge is 0.321 e. The molecule has 0 radical (unpaired) electrons. The van der Waals surface area contributed by atoms with Crippen LogP contribution in [0.2, 0.25) is 0 Å². The third-order valence-electron chi connectivity index (χ3n) is 2.39. The Hall–Kier alpha value is -1.69. The number of hydrogen-bond acceptors (Lipinski definition) is 4. The van der Waals surface area contributed by atoms with Crippen molar-refractivity contribution in [2.75, 3.05) is 5.75 Å². The molecule has 2 rings (SSSR count). The van der Waals surface area contributed by atoms with E-state index in [-0.39, 0.29) is 23.5 Å². The van der Waals surface area contributed by atoms with E-state index < -0.39 is 6.03 Å². The highest BCUT2D eigenvalue weighted by Gasteiger charge is 2.23. The van der Waals surface area contributed by atoms with Crippen LogP contribution in [0.15, 0.2) is 29.2 Å². The highest BCUT2D eigenvalue weighted by molar-refractivity contribution is 8.00. The molecule has 6 heteroatoms. The molecule has 1 aliphatic rings. The summed E-state index contributed by atoms with van der Waals surface area (Å²) in [5, 5.41) is 14.4. The number of carbonyl (C=O) groups is 2. The maximum atomic E-state index is 11.5. The number of amides is 3. The number of nitrogens with one attached hydrogen (secondary N) is 2. The normalized spacial score (nSPS) is 14.0. The van der Waals surface area contributed by atoms with E-state index in [1.807, 2.05) is 0 Å². The van der Waals surface area contributed by atoms with Gasteiger partial charge in [0.05, 0.1) is 5.75 Å². The van der Waals surface area contributed by atoms with E-state index in [9.17, 15) is 14.7 Å². The van der Waals surface area contributed by atoms with E-state index in [1.54, 1.807) is 24.3 Å². The van der Waals surface area contributed by atoms with Gasteiger partial charge in [0.2, 0.25) is 5.91 Å². The van der Waals surface area contributed by atoms with Crippen LogP contribution < -0.4 is 10.6 Å².